The van der Waals surface area contributed by atoms with Crippen molar-refractivity contribution in [2.75, 3.05) is 29.9 Å². The number of carbonyl (C=O) groups is 1. The Labute approximate surface area is 170 Å². The number of piperidine rings is 1. The molecule has 1 aromatic carbocycles. The van der Waals surface area contributed by atoms with E-state index in [-0.39, 0.29) is 11.8 Å². The standard InChI is InChI=1S/C18H18BrClN6O/c1-24(15-3-2-13(19)10-14(15)20)18(27)12-6-8-25(9-7-12)17-5-4-16-22-21-11-26(16)23-17/h2-5,10-12H,6-9H2,1H3. The maximum atomic E-state index is 12.9. The lowest BCUT2D eigenvalue weighted by Gasteiger charge is -2.33. The second kappa shape index (κ2) is 7.44. The molecule has 0 saturated carbocycles. The summed E-state index contributed by atoms with van der Waals surface area (Å²) in [5.74, 6) is 0.947. The van der Waals surface area contributed by atoms with Crippen molar-refractivity contribution < 1.29 is 4.79 Å². The first kappa shape index (κ1) is 18.2. The Morgan fingerprint density at radius 2 is 2.04 bits per heavy atom. The molecule has 3 heterocycles. The zero-order valence-corrected chi connectivity index (χ0v) is 17.1. The van der Waals surface area contributed by atoms with Crippen molar-refractivity contribution in [2.24, 2.45) is 5.92 Å². The van der Waals surface area contributed by atoms with Crippen molar-refractivity contribution >= 4 is 50.6 Å². The fraction of sp³-hybridized carbons (Fsp3) is 0.333. The molecule has 0 radical (unpaired) electrons. The van der Waals surface area contributed by atoms with Crippen molar-refractivity contribution in [3.8, 4) is 0 Å². The van der Waals surface area contributed by atoms with Gasteiger partial charge in [-0.2, -0.15) is 4.52 Å². The number of carbonyl (C=O) groups excluding carboxylic acids is 1. The van der Waals surface area contributed by atoms with Gasteiger partial charge in [-0.3, -0.25) is 4.79 Å². The second-order valence-electron chi connectivity index (χ2n) is 6.58. The van der Waals surface area contributed by atoms with E-state index in [1.54, 1.807) is 28.9 Å². The average molecular weight is 450 g/mol. The molecule has 0 bridgehead atoms. The highest BCUT2D eigenvalue weighted by atomic mass is 79.9. The summed E-state index contributed by atoms with van der Waals surface area (Å²) in [6.45, 7) is 1.55. The van der Waals surface area contributed by atoms with E-state index in [0.29, 0.717) is 5.02 Å². The quantitative estimate of drug-likeness (QED) is 0.613. The lowest BCUT2D eigenvalue weighted by atomic mass is 9.95. The van der Waals surface area contributed by atoms with Crippen LogP contribution in [-0.4, -0.2) is 45.9 Å². The van der Waals surface area contributed by atoms with Crippen LogP contribution in [0.15, 0.2) is 41.1 Å². The predicted octanol–water partition coefficient (Wildman–Crippen LogP) is 3.42. The summed E-state index contributed by atoms with van der Waals surface area (Å²) in [5.41, 5.74) is 1.45. The van der Waals surface area contributed by atoms with Gasteiger partial charge >= 0.3 is 0 Å². The number of amides is 1. The molecule has 2 aromatic heterocycles. The molecule has 1 aliphatic rings. The molecule has 27 heavy (non-hydrogen) atoms. The lowest BCUT2D eigenvalue weighted by Crippen LogP contribution is -2.41. The minimum absolute atomic E-state index is 0.0235. The highest BCUT2D eigenvalue weighted by molar-refractivity contribution is 9.10. The van der Waals surface area contributed by atoms with E-state index in [9.17, 15) is 4.79 Å². The fourth-order valence-electron chi connectivity index (χ4n) is 3.39. The molecule has 0 spiro atoms. The van der Waals surface area contributed by atoms with Crippen LogP contribution in [0.3, 0.4) is 0 Å². The zero-order chi connectivity index (χ0) is 19.0. The van der Waals surface area contributed by atoms with Crippen LogP contribution in [0.4, 0.5) is 11.5 Å². The number of anilines is 2. The molecule has 0 unspecified atom stereocenters. The zero-order valence-electron chi connectivity index (χ0n) is 14.7. The highest BCUT2D eigenvalue weighted by Crippen LogP contribution is 2.31. The summed E-state index contributed by atoms with van der Waals surface area (Å²) in [6.07, 6.45) is 3.14. The van der Waals surface area contributed by atoms with Crippen LogP contribution in [0.25, 0.3) is 5.65 Å². The number of hydrogen-bond donors (Lipinski definition) is 0. The third-order valence-electron chi connectivity index (χ3n) is 4.92. The van der Waals surface area contributed by atoms with Crippen LogP contribution in [0.1, 0.15) is 12.8 Å². The van der Waals surface area contributed by atoms with Gasteiger partial charge in [-0.05, 0) is 43.2 Å². The average Bonchev–Trinajstić information content (AvgIpc) is 3.15. The van der Waals surface area contributed by atoms with Crippen molar-refractivity contribution in [2.45, 2.75) is 12.8 Å². The SMILES string of the molecule is CN(C(=O)C1CCN(c2ccc3nncn3n2)CC1)c1ccc(Br)cc1Cl. The number of halogens is 2. The number of hydrogen-bond acceptors (Lipinski definition) is 5. The van der Waals surface area contributed by atoms with Crippen LogP contribution in [-0.2, 0) is 4.79 Å². The number of fused-ring (bicyclic) bond motifs is 1. The van der Waals surface area contributed by atoms with Crippen LogP contribution >= 0.6 is 27.5 Å². The van der Waals surface area contributed by atoms with E-state index < -0.39 is 0 Å². The Hall–Kier alpha value is -2.19. The summed E-state index contributed by atoms with van der Waals surface area (Å²) in [7, 11) is 1.78. The molecule has 0 N–H and O–H groups in total. The van der Waals surface area contributed by atoms with Gasteiger partial charge in [0.1, 0.15) is 12.1 Å². The number of benzene rings is 1. The topological polar surface area (TPSA) is 66.6 Å². The van der Waals surface area contributed by atoms with E-state index in [1.165, 1.54) is 0 Å². The summed E-state index contributed by atoms with van der Waals surface area (Å²) in [5, 5.41) is 12.9. The Morgan fingerprint density at radius 1 is 1.26 bits per heavy atom. The Balaban J connectivity index is 1.42. The Morgan fingerprint density at radius 3 is 2.78 bits per heavy atom. The van der Waals surface area contributed by atoms with Gasteiger partial charge in [-0.1, -0.05) is 27.5 Å². The van der Waals surface area contributed by atoms with Gasteiger partial charge in [-0.15, -0.1) is 15.3 Å². The summed E-state index contributed by atoms with van der Waals surface area (Å²) in [6, 6.07) is 9.39. The van der Waals surface area contributed by atoms with E-state index in [0.717, 1.165) is 47.6 Å². The van der Waals surface area contributed by atoms with Gasteiger partial charge < -0.3 is 9.80 Å². The normalized spacial score (nSPS) is 15.3. The van der Waals surface area contributed by atoms with Crippen molar-refractivity contribution in [3.05, 3.63) is 46.2 Å². The van der Waals surface area contributed by atoms with Crippen LogP contribution in [0.5, 0.6) is 0 Å². The molecular weight excluding hydrogens is 432 g/mol. The number of aromatic nitrogens is 4. The van der Waals surface area contributed by atoms with Gasteiger partial charge in [0.25, 0.3) is 0 Å². The van der Waals surface area contributed by atoms with Crippen molar-refractivity contribution in [1.29, 1.82) is 0 Å². The maximum Gasteiger partial charge on any atom is 0.230 e. The molecule has 1 amide bonds. The first-order valence-corrected chi connectivity index (χ1v) is 9.84. The minimum atomic E-state index is -0.0235. The summed E-state index contributed by atoms with van der Waals surface area (Å²) in [4.78, 5) is 16.8. The van der Waals surface area contributed by atoms with Crippen molar-refractivity contribution in [1.82, 2.24) is 19.8 Å². The molecule has 0 aliphatic carbocycles. The summed E-state index contributed by atoms with van der Waals surface area (Å²) < 4.78 is 2.55. The minimum Gasteiger partial charge on any atom is -0.355 e. The van der Waals surface area contributed by atoms with E-state index in [1.807, 2.05) is 24.3 Å². The molecule has 7 nitrogen and oxygen atoms in total. The molecule has 9 heteroatoms. The first-order chi connectivity index (χ1) is 13.0. The monoisotopic (exact) mass is 448 g/mol. The fourth-order valence-corrected chi connectivity index (χ4v) is 4.19. The highest BCUT2D eigenvalue weighted by Gasteiger charge is 2.29. The van der Waals surface area contributed by atoms with Crippen LogP contribution in [0, 0.1) is 5.92 Å². The predicted molar refractivity (Wildman–Crippen MR) is 108 cm³/mol. The largest absolute Gasteiger partial charge is 0.355 e. The van der Waals surface area contributed by atoms with E-state index >= 15 is 0 Å². The third kappa shape index (κ3) is 3.64. The number of nitrogens with zero attached hydrogens (tertiary/aromatic N) is 6. The molecule has 140 valence electrons. The molecular formula is C18H18BrClN6O. The van der Waals surface area contributed by atoms with Crippen LogP contribution < -0.4 is 9.80 Å². The van der Waals surface area contributed by atoms with Gasteiger partial charge in [-0.25, -0.2) is 0 Å². The van der Waals surface area contributed by atoms with Crippen molar-refractivity contribution in [3.63, 3.8) is 0 Å². The third-order valence-corrected chi connectivity index (χ3v) is 5.71. The van der Waals surface area contributed by atoms with Gasteiger partial charge in [0.15, 0.2) is 5.65 Å². The molecule has 0 atom stereocenters. The maximum absolute atomic E-state index is 12.9. The molecule has 1 fully saturated rings. The number of rotatable bonds is 3. The Kier molecular flexibility index (Phi) is 5.01. The first-order valence-electron chi connectivity index (χ1n) is 8.67. The molecule has 4 rings (SSSR count). The van der Waals surface area contributed by atoms with Gasteiger partial charge in [0.05, 0.1) is 10.7 Å². The second-order valence-corrected chi connectivity index (χ2v) is 7.90. The van der Waals surface area contributed by atoms with Crippen LogP contribution in [0.2, 0.25) is 5.02 Å². The van der Waals surface area contributed by atoms with Gasteiger partial charge in [0.2, 0.25) is 5.91 Å². The summed E-state index contributed by atoms with van der Waals surface area (Å²) >= 11 is 9.69. The molecule has 3 aromatic rings. The lowest BCUT2D eigenvalue weighted by molar-refractivity contribution is -0.122. The molecule has 1 aliphatic heterocycles. The molecule has 1 saturated heterocycles. The van der Waals surface area contributed by atoms with E-state index in [4.69, 9.17) is 11.6 Å². The van der Waals surface area contributed by atoms with Gasteiger partial charge in [0, 0.05) is 30.5 Å². The Bertz CT molecular complexity index is 985. The van der Waals surface area contributed by atoms with E-state index in [2.05, 4.69) is 36.1 Å². The smallest absolute Gasteiger partial charge is 0.230 e.